The number of hydrogen-bond acceptors (Lipinski definition) is 6. The summed E-state index contributed by atoms with van der Waals surface area (Å²) < 4.78 is 22.6. The first kappa shape index (κ1) is 20.3. The number of aliphatic imine (C=N–C) groups is 1. The fourth-order valence-electron chi connectivity index (χ4n) is 2.82. The van der Waals surface area contributed by atoms with Gasteiger partial charge in [0, 0.05) is 4.47 Å². The molecule has 0 bridgehead atoms. The summed E-state index contributed by atoms with van der Waals surface area (Å²) in [5.74, 6) is 0.759. The highest BCUT2D eigenvalue weighted by molar-refractivity contribution is 9.10. The molecular weight excluding hydrogens is 474 g/mol. The molecule has 0 fully saturated rings. The second kappa shape index (κ2) is 8.77. The summed E-state index contributed by atoms with van der Waals surface area (Å²) in [6.45, 7) is 0.319. The molecule has 152 valence electrons. The van der Waals surface area contributed by atoms with Gasteiger partial charge in [0.05, 0.1) is 18.4 Å². The molecule has 0 spiro atoms. The summed E-state index contributed by atoms with van der Waals surface area (Å²) in [5, 5.41) is 0.345. The van der Waals surface area contributed by atoms with E-state index in [1.54, 1.807) is 30.3 Å². The van der Waals surface area contributed by atoms with E-state index in [4.69, 9.17) is 30.2 Å². The van der Waals surface area contributed by atoms with Crippen LogP contribution in [0.25, 0.3) is 6.08 Å². The van der Waals surface area contributed by atoms with Gasteiger partial charge in [-0.1, -0.05) is 39.7 Å². The van der Waals surface area contributed by atoms with Crippen LogP contribution in [0, 0.1) is 0 Å². The highest BCUT2D eigenvalue weighted by Gasteiger charge is 2.26. The van der Waals surface area contributed by atoms with Crippen LogP contribution in [0.2, 0.25) is 5.02 Å². The van der Waals surface area contributed by atoms with E-state index in [2.05, 4.69) is 20.9 Å². The molecule has 8 heteroatoms. The van der Waals surface area contributed by atoms with Gasteiger partial charge in [-0.3, -0.25) is 0 Å². The third-order valence-electron chi connectivity index (χ3n) is 4.18. The molecule has 0 unspecified atom stereocenters. The van der Waals surface area contributed by atoms with Crippen molar-refractivity contribution in [3.05, 3.63) is 86.9 Å². The topological polar surface area (TPSA) is 70.3 Å². The largest absolute Gasteiger partial charge is 0.493 e. The van der Waals surface area contributed by atoms with E-state index in [1.165, 1.54) is 13.4 Å². The fourth-order valence-corrected chi connectivity index (χ4v) is 3.54. The zero-order chi connectivity index (χ0) is 21.1. The van der Waals surface area contributed by atoms with E-state index < -0.39 is 5.97 Å². The van der Waals surface area contributed by atoms with Crippen molar-refractivity contribution in [3.8, 4) is 11.5 Å². The van der Waals surface area contributed by atoms with E-state index in [9.17, 15) is 4.79 Å². The predicted octanol–water partition coefficient (Wildman–Crippen LogP) is 5.63. The molecule has 0 aliphatic carbocycles. The Balaban J connectivity index is 1.59. The molecular formula is C22H15BrClNO5. The summed E-state index contributed by atoms with van der Waals surface area (Å²) in [6, 6.07) is 14.5. The number of nitrogens with zero attached hydrogens (tertiary/aromatic N) is 1. The number of carbonyl (C=O) groups is 1. The van der Waals surface area contributed by atoms with Crippen LogP contribution in [-0.4, -0.2) is 19.0 Å². The van der Waals surface area contributed by atoms with Crippen LogP contribution in [0.3, 0.4) is 0 Å². The molecule has 0 saturated carbocycles. The van der Waals surface area contributed by atoms with E-state index in [0.29, 0.717) is 34.5 Å². The fraction of sp³-hybridized carbons (Fsp3) is 0.0909. The quantitative estimate of drug-likeness (QED) is 0.332. The summed E-state index contributed by atoms with van der Waals surface area (Å²) in [6.07, 6.45) is 3.04. The van der Waals surface area contributed by atoms with Crippen molar-refractivity contribution in [2.45, 2.75) is 6.61 Å². The summed E-state index contributed by atoms with van der Waals surface area (Å²) in [4.78, 5) is 16.3. The average Bonchev–Trinajstić information content (AvgIpc) is 3.37. The number of benzene rings is 2. The average molecular weight is 489 g/mol. The molecule has 0 radical (unpaired) electrons. The van der Waals surface area contributed by atoms with Crippen LogP contribution >= 0.6 is 27.5 Å². The Bertz CT molecular complexity index is 1150. The van der Waals surface area contributed by atoms with Crippen LogP contribution in [0.15, 0.2) is 74.4 Å². The van der Waals surface area contributed by atoms with Crippen molar-refractivity contribution in [1.82, 2.24) is 0 Å². The first-order valence-corrected chi connectivity index (χ1v) is 10.0. The number of halogens is 2. The highest BCUT2D eigenvalue weighted by Crippen LogP contribution is 2.38. The van der Waals surface area contributed by atoms with E-state index in [0.717, 1.165) is 10.0 Å². The first-order chi connectivity index (χ1) is 14.5. The number of ether oxygens (including phenoxy) is 3. The smallest absolute Gasteiger partial charge is 0.363 e. The van der Waals surface area contributed by atoms with Crippen LogP contribution in [0.1, 0.15) is 16.9 Å². The van der Waals surface area contributed by atoms with Gasteiger partial charge in [0.2, 0.25) is 0 Å². The molecule has 30 heavy (non-hydrogen) atoms. The lowest BCUT2D eigenvalue weighted by Gasteiger charge is -2.13. The molecule has 2 heterocycles. The molecule has 4 rings (SSSR count). The Morgan fingerprint density at radius 3 is 2.80 bits per heavy atom. The third kappa shape index (κ3) is 4.42. The second-order valence-corrected chi connectivity index (χ2v) is 7.59. The molecule has 1 aromatic heterocycles. The van der Waals surface area contributed by atoms with Crippen LogP contribution in [0.4, 0.5) is 0 Å². The van der Waals surface area contributed by atoms with Gasteiger partial charge in [-0.25, -0.2) is 9.79 Å². The maximum atomic E-state index is 12.1. The van der Waals surface area contributed by atoms with Crippen molar-refractivity contribution in [1.29, 1.82) is 0 Å². The minimum Gasteiger partial charge on any atom is -0.493 e. The zero-order valence-electron chi connectivity index (χ0n) is 15.7. The summed E-state index contributed by atoms with van der Waals surface area (Å²) >= 11 is 9.87. The Hall–Kier alpha value is -3.03. The van der Waals surface area contributed by atoms with Crippen molar-refractivity contribution < 1.29 is 23.4 Å². The molecule has 0 amide bonds. The Morgan fingerprint density at radius 1 is 1.20 bits per heavy atom. The number of furan rings is 1. The number of cyclic esters (lactones) is 1. The van der Waals surface area contributed by atoms with Gasteiger partial charge in [0.1, 0.15) is 6.61 Å². The Morgan fingerprint density at radius 2 is 2.07 bits per heavy atom. The number of hydrogen-bond donors (Lipinski definition) is 0. The minimum absolute atomic E-state index is 0.114. The number of carbonyl (C=O) groups excluding carboxylic acids is 1. The lowest BCUT2D eigenvalue weighted by atomic mass is 10.1. The van der Waals surface area contributed by atoms with Crippen LogP contribution in [-0.2, 0) is 16.1 Å². The van der Waals surface area contributed by atoms with E-state index in [-0.39, 0.29) is 11.6 Å². The lowest BCUT2D eigenvalue weighted by Crippen LogP contribution is -2.04. The number of esters is 1. The van der Waals surface area contributed by atoms with Gasteiger partial charge in [-0.15, -0.1) is 0 Å². The monoisotopic (exact) mass is 487 g/mol. The summed E-state index contributed by atoms with van der Waals surface area (Å²) in [7, 11) is 1.52. The molecule has 1 aliphatic heterocycles. The van der Waals surface area contributed by atoms with Gasteiger partial charge in [-0.2, -0.15) is 0 Å². The van der Waals surface area contributed by atoms with Gasteiger partial charge in [0.25, 0.3) is 5.90 Å². The number of rotatable bonds is 6. The lowest BCUT2D eigenvalue weighted by molar-refractivity contribution is -0.130. The highest BCUT2D eigenvalue weighted by atomic mass is 79.9. The molecule has 0 N–H and O–H groups in total. The van der Waals surface area contributed by atoms with Crippen molar-refractivity contribution in [2.24, 2.45) is 4.99 Å². The predicted molar refractivity (Wildman–Crippen MR) is 116 cm³/mol. The van der Waals surface area contributed by atoms with Gasteiger partial charge >= 0.3 is 5.97 Å². The van der Waals surface area contributed by atoms with E-state index >= 15 is 0 Å². The molecule has 2 aromatic carbocycles. The molecule has 0 saturated heterocycles. The SMILES string of the molecule is COc1cc(/C=C2\N=C(c3ccco3)OC2=O)cc(Cl)c1OCc1cccc(Br)c1. The van der Waals surface area contributed by atoms with Gasteiger partial charge in [0.15, 0.2) is 23.0 Å². The van der Waals surface area contributed by atoms with Crippen LogP contribution < -0.4 is 9.47 Å². The normalized spacial score (nSPS) is 14.6. The Labute approximate surface area is 185 Å². The number of methoxy groups -OCH3 is 1. The van der Waals surface area contributed by atoms with Crippen molar-refractivity contribution in [3.63, 3.8) is 0 Å². The molecule has 0 atom stereocenters. The Kier molecular flexibility index (Phi) is 5.92. The van der Waals surface area contributed by atoms with Gasteiger partial charge in [-0.05, 0) is 53.6 Å². The van der Waals surface area contributed by atoms with Crippen molar-refractivity contribution >= 4 is 45.5 Å². The maximum Gasteiger partial charge on any atom is 0.363 e. The van der Waals surface area contributed by atoms with E-state index in [1.807, 2.05) is 24.3 Å². The summed E-state index contributed by atoms with van der Waals surface area (Å²) in [5.41, 5.74) is 1.72. The van der Waals surface area contributed by atoms with Gasteiger partial charge < -0.3 is 18.6 Å². The standard InChI is InChI=1S/C22H15BrClNO5/c1-27-19-11-14(10-17-22(26)30-21(25-17)18-6-3-7-28-18)9-16(24)20(19)29-12-13-4-2-5-15(23)8-13/h2-11H,12H2,1H3/b17-10-. The maximum absolute atomic E-state index is 12.1. The third-order valence-corrected chi connectivity index (χ3v) is 4.95. The zero-order valence-corrected chi connectivity index (χ0v) is 18.1. The second-order valence-electron chi connectivity index (χ2n) is 6.27. The van der Waals surface area contributed by atoms with Crippen molar-refractivity contribution in [2.75, 3.05) is 7.11 Å². The van der Waals surface area contributed by atoms with Crippen LogP contribution in [0.5, 0.6) is 11.5 Å². The first-order valence-electron chi connectivity index (χ1n) is 8.84. The minimum atomic E-state index is -0.577. The molecule has 3 aromatic rings. The molecule has 6 nitrogen and oxygen atoms in total. The molecule has 1 aliphatic rings.